The maximum atomic E-state index is 6.09. The van der Waals surface area contributed by atoms with Crippen molar-refractivity contribution in [1.82, 2.24) is 4.90 Å². The van der Waals surface area contributed by atoms with Crippen molar-refractivity contribution in [3.63, 3.8) is 0 Å². The van der Waals surface area contributed by atoms with Crippen molar-refractivity contribution < 1.29 is 4.74 Å². The van der Waals surface area contributed by atoms with Crippen molar-refractivity contribution in [2.45, 2.75) is 37.3 Å². The monoisotopic (exact) mass is 246 g/mol. The average Bonchev–Trinajstić information content (AvgIpc) is 3.09. The van der Waals surface area contributed by atoms with Crippen LogP contribution >= 0.6 is 0 Å². The van der Waals surface area contributed by atoms with Crippen LogP contribution in [0, 0.1) is 0 Å². The molecule has 2 N–H and O–H groups in total. The van der Waals surface area contributed by atoms with Gasteiger partial charge in [0.15, 0.2) is 0 Å². The van der Waals surface area contributed by atoms with Gasteiger partial charge in [-0.3, -0.25) is 4.90 Å². The Labute approximate surface area is 109 Å². The molecular weight excluding hydrogens is 224 g/mol. The first-order chi connectivity index (χ1) is 8.60. The summed E-state index contributed by atoms with van der Waals surface area (Å²) >= 11 is 0. The summed E-state index contributed by atoms with van der Waals surface area (Å²) < 4.78 is 5.90. The highest BCUT2D eigenvalue weighted by Gasteiger charge is 2.47. The van der Waals surface area contributed by atoms with Crippen molar-refractivity contribution in [2.75, 3.05) is 20.1 Å². The van der Waals surface area contributed by atoms with Gasteiger partial charge in [0.1, 0.15) is 11.9 Å². The summed E-state index contributed by atoms with van der Waals surface area (Å²) in [4.78, 5) is 2.26. The fraction of sp³-hybridized carbons (Fsp3) is 0.600. The van der Waals surface area contributed by atoms with Gasteiger partial charge in [-0.15, -0.1) is 0 Å². The summed E-state index contributed by atoms with van der Waals surface area (Å²) in [6.45, 7) is 4.18. The molecule has 0 spiro atoms. The number of likely N-dealkylation sites (N-methyl/N-ethyl adjacent to an activating group) is 1. The third-order valence-electron chi connectivity index (χ3n) is 4.42. The first kappa shape index (κ1) is 12.0. The minimum Gasteiger partial charge on any atom is -0.488 e. The summed E-state index contributed by atoms with van der Waals surface area (Å²) in [5.74, 6) is 0.984. The number of likely N-dealkylation sites (tertiary alicyclic amines) is 1. The lowest BCUT2D eigenvalue weighted by atomic mass is 9.89. The molecule has 1 unspecified atom stereocenters. The van der Waals surface area contributed by atoms with Crippen LogP contribution in [-0.2, 0) is 5.41 Å². The SMILES string of the molecule is CC(N)C1(c2ccc(OC3CN(C)C3)cc2)CC1. The molecular formula is C15H22N2O. The van der Waals surface area contributed by atoms with Crippen LogP contribution in [0.5, 0.6) is 5.75 Å². The molecule has 1 aromatic carbocycles. The Kier molecular flexibility index (Phi) is 2.83. The highest BCUT2D eigenvalue weighted by molar-refractivity contribution is 5.37. The zero-order chi connectivity index (χ0) is 12.8. The van der Waals surface area contributed by atoms with Crippen molar-refractivity contribution >= 4 is 0 Å². The van der Waals surface area contributed by atoms with E-state index in [4.69, 9.17) is 10.5 Å². The molecule has 1 saturated heterocycles. The summed E-state index contributed by atoms with van der Waals surface area (Å²) in [5, 5.41) is 0. The van der Waals surface area contributed by atoms with E-state index in [0.717, 1.165) is 18.8 Å². The molecule has 1 aromatic rings. The standard InChI is InChI=1S/C15H22N2O/c1-11(16)15(7-8-15)12-3-5-13(6-4-12)18-14-9-17(2)10-14/h3-6,11,14H,7-10,16H2,1-2H3. The minimum absolute atomic E-state index is 0.240. The van der Waals surface area contributed by atoms with Gasteiger partial charge < -0.3 is 10.5 Å². The Hall–Kier alpha value is -1.06. The lowest BCUT2D eigenvalue weighted by Crippen LogP contribution is -2.51. The number of rotatable bonds is 4. The van der Waals surface area contributed by atoms with Crippen molar-refractivity contribution in [3.05, 3.63) is 29.8 Å². The molecule has 98 valence electrons. The highest BCUT2D eigenvalue weighted by atomic mass is 16.5. The normalized spacial score (nSPS) is 24.4. The summed E-state index contributed by atoms with van der Waals surface area (Å²) in [5.41, 5.74) is 7.71. The average molecular weight is 246 g/mol. The molecule has 3 heteroatoms. The highest BCUT2D eigenvalue weighted by Crippen LogP contribution is 2.50. The van der Waals surface area contributed by atoms with E-state index in [0.29, 0.717) is 6.10 Å². The largest absolute Gasteiger partial charge is 0.488 e. The van der Waals surface area contributed by atoms with Gasteiger partial charge in [0.2, 0.25) is 0 Å². The molecule has 3 nitrogen and oxygen atoms in total. The van der Waals surface area contributed by atoms with Gasteiger partial charge in [0, 0.05) is 24.5 Å². The van der Waals surface area contributed by atoms with Gasteiger partial charge in [-0.25, -0.2) is 0 Å². The number of nitrogens with zero attached hydrogens (tertiary/aromatic N) is 1. The molecule has 0 bridgehead atoms. The maximum Gasteiger partial charge on any atom is 0.124 e. The number of hydrogen-bond acceptors (Lipinski definition) is 3. The zero-order valence-electron chi connectivity index (χ0n) is 11.2. The van der Waals surface area contributed by atoms with Crippen LogP contribution in [0.15, 0.2) is 24.3 Å². The first-order valence-electron chi connectivity index (χ1n) is 6.81. The van der Waals surface area contributed by atoms with Crippen LogP contribution in [-0.4, -0.2) is 37.2 Å². The van der Waals surface area contributed by atoms with Crippen LogP contribution in [0.3, 0.4) is 0 Å². The number of hydrogen-bond donors (Lipinski definition) is 1. The zero-order valence-corrected chi connectivity index (χ0v) is 11.2. The summed E-state index contributed by atoms with van der Waals surface area (Å²) in [7, 11) is 2.11. The lowest BCUT2D eigenvalue weighted by Gasteiger charge is -2.36. The second-order valence-electron chi connectivity index (χ2n) is 5.93. The Morgan fingerprint density at radius 2 is 1.89 bits per heavy atom. The van der Waals surface area contributed by atoms with E-state index < -0.39 is 0 Å². The van der Waals surface area contributed by atoms with Gasteiger partial charge in [-0.05, 0) is 44.5 Å². The van der Waals surface area contributed by atoms with E-state index in [-0.39, 0.29) is 11.5 Å². The number of nitrogens with two attached hydrogens (primary N) is 1. The maximum absolute atomic E-state index is 6.09. The van der Waals surface area contributed by atoms with E-state index in [1.54, 1.807) is 0 Å². The second kappa shape index (κ2) is 4.25. The van der Waals surface area contributed by atoms with Gasteiger partial charge in [0.05, 0.1) is 0 Å². The number of benzene rings is 1. The van der Waals surface area contributed by atoms with Crippen molar-refractivity contribution in [2.24, 2.45) is 5.73 Å². The Morgan fingerprint density at radius 3 is 2.33 bits per heavy atom. The Balaban J connectivity index is 1.66. The predicted molar refractivity (Wildman–Crippen MR) is 72.9 cm³/mol. The Morgan fingerprint density at radius 1 is 1.28 bits per heavy atom. The van der Waals surface area contributed by atoms with Crippen molar-refractivity contribution in [1.29, 1.82) is 0 Å². The Bertz CT molecular complexity index is 417. The summed E-state index contributed by atoms with van der Waals surface area (Å²) in [6.07, 6.45) is 2.81. The molecule has 2 aliphatic rings. The van der Waals surface area contributed by atoms with Gasteiger partial charge in [-0.2, -0.15) is 0 Å². The van der Waals surface area contributed by atoms with E-state index in [2.05, 4.69) is 43.1 Å². The third kappa shape index (κ3) is 2.02. The molecule has 1 heterocycles. The first-order valence-corrected chi connectivity index (χ1v) is 6.81. The molecule has 1 atom stereocenters. The van der Waals surface area contributed by atoms with E-state index in [1.165, 1.54) is 18.4 Å². The summed E-state index contributed by atoms with van der Waals surface area (Å²) in [6, 6.07) is 8.80. The topological polar surface area (TPSA) is 38.5 Å². The molecule has 2 fully saturated rings. The molecule has 1 aliphatic heterocycles. The molecule has 3 rings (SSSR count). The molecule has 18 heavy (non-hydrogen) atoms. The molecule has 1 aliphatic carbocycles. The quantitative estimate of drug-likeness (QED) is 0.879. The van der Waals surface area contributed by atoms with Crippen LogP contribution in [0.1, 0.15) is 25.3 Å². The molecule has 1 saturated carbocycles. The lowest BCUT2D eigenvalue weighted by molar-refractivity contribution is 0.0388. The van der Waals surface area contributed by atoms with Gasteiger partial charge in [-0.1, -0.05) is 12.1 Å². The van der Waals surface area contributed by atoms with Crippen molar-refractivity contribution in [3.8, 4) is 5.75 Å². The van der Waals surface area contributed by atoms with Gasteiger partial charge in [0.25, 0.3) is 0 Å². The van der Waals surface area contributed by atoms with E-state index in [1.807, 2.05) is 0 Å². The van der Waals surface area contributed by atoms with Gasteiger partial charge >= 0.3 is 0 Å². The molecule has 0 aromatic heterocycles. The fourth-order valence-corrected chi connectivity index (χ4v) is 2.92. The predicted octanol–water partition coefficient (Wildman–Crippen LogP) is 1.76. The molecule has 0 amide bonds. The fourth-order valence-electron chi connectivity index (χ4n) is 2.92. The second-order valence-corrected chi connectivity index (χ2v) is 5.93. The third-order valence-corrected chi connectivity index (χ3v) is 4.42. The van der Waals surface area contributed by atoms with E-state index >= 15 is 0 Å². The van der Waals surface area contributed by atoms with Crippen LogP contribution < -0.4 is 10.5 Å². The van der Waals surface area contributed by atoms with Crippen LogP contribution in [0.25, 0.3) is 0 Å². The van der Waals surface area contributed by atoms with E-state index in [9.17, 15) is 0 Å². The number of ether oxygens (including phenoxy) is 1. The minimum atomic E-state index is 0.240. The smallest absolute Gasteiger partial charge is 0.124 e. The van der Waals surface area contributed by atoms with Crippen LogP contribution in [0.2, 0.25) is 0 Å². The molecule has 0 radical (unpaired) electrons. The van der Waals surface area contributed by atoms with Crippen LogP contribution in [0.4, 0.5) is 0 Å².